The third-order valence-corrected chi connectivity index (χ3v) is 2.61. The van der Waals surface area contributed by atoms with Crippen molar-refractivity contribution < 1.29 is 4.74 Å². The first-order valence-corrected chi connectivity index (χ1v) is 4.96. The third kappa shape index (κ3) is 1.78. The maximum Gasteiger partial charge on any atom is 0.105 e. The highest BCUT2D eigenvalue weighted by atomic mass is 16.5. The van der Waals surface area contributed by atoms with Crippen molar-refractivity contribution in [1.29, 1.82) is 0 Å². The number of hydrogen-bond acceptors (Lipinski definition) is 4. The molecule has 1 atom stereocenters. The number of nitrogens with zero attached hydrogens (tertiary/aromatic N) is 3. The Bertz CT molecular complexity index is 302. The van der Waals surface area contributed by atoms with Gasteiger partial charge in [0.2, 0.25) is 0 Å². The molecule has 0 aromatic carbocycles. The lowest BCUT2D eigenvalue weighted by Gasteiger charge is -2.12. The monoisotopic (exact) mass is 196 g/mol. The van der Waals surface area contributed by atoms with Crippen LogP contribution < -0.4 is 5.32 Å². The number of nitrogens with one attached hydrogen (secondary N) is 1. The minimum absolute atomic E-state index is 0.200. The summed E-state index contributed by atoms with van der Waals surface area (Å²) in [5, 5.41) is 11.6. The highest BCUT2D eigenvalue weighted by molar-refractivity contribution is 5.13. The van der Waals surface area contributed by atoms with Crippen LogP contribution in [-0.4, -0.2) is 34.8 Å². The van der Waals surface area contributed by atoms with Gasteiger partial charge in [-0.1, -0.05) is 5.21 Å². The maximum absolute atomic E-state index is 5.49. The quantitative estimate of drug-likeness (QED) is 0.696. The van der Waals surface area contributed by atoms with Gasteiger partial charge in [-0.15, -0.1) is 5.10 Å². The highest BCUT2D eigenvalue weighted by Crippen LogP contribution is 2.15. The zero-order chi connectivity index (χ0) is 9.97. The van der Waals surface area contributed by atoms with Crippen LogP contribution in [0.5, 0.6) is 0 Å². The molecule has 1 unspecified atom stereocenters. The van der Waals surface area contributed by atoms with E-state index >= 15 is 0 Å². The maximum atomic E-state index is 5.49. The van der Waals surface area contributed by atoms with Crippen LogP contribution in [0.25, 0.3) is 0 Å². The molecule has 1 fully saturated rings. The molecule has 1 N–H and O–H groups in total. The average molecular weight is 196 g/mol. The fraction of sp³-hybridized carbons (Fsp3) is 0.778. The summed E-state index contributed by atoms with van der Waals surface area (Å²) >= 11 is 0. The van der Waals surface area contributed by atoms with Gasteiger partial charge in [0.1, 0.15) is 5.69 Å². The molecule has 2 rings (SSSR count). The second-order valence-corrected chi connectivity index (χ2v) is 3.62. The molecule has 1 aliphatic rings. The minimum atomic E-state index is 0.200. The Labute approximate surface area is 83.4 Å². The Morgan fingerprint density at radius 3 is 3.14 bits per heavy atom. The molecule has 0 spiro atoms. The molecular weight excluding hydrogens is 180 g/mol. The lowest BCUT2D eigenvalue weighted by atomic mass is 10.2. The number of hydrogen-bond donors (Lipinski definition) is 1. The van der Waals surface area contributed by atoms with Crippen LogP contribution in [0.2, 0.25) is 0 Å². The Kier molecular flexibility index (Phi) is 2.79. The van der Waals surface area contributed by atoms with Crippen molar-refractivity contribution in [1.82, 2.24) is 20.3 Å². The standard InChI is InChI=1S/C9H16N4O/c1-7-9(11-12-13(7)2)8-6-14-5-3-4-10-8/h8,10H,3-6H2,1-2H3. The summed E-state index contributed by atoms with van der Waals surface area (Å²) in [5.74, 6) is 0. The van der Waals surface area contributed by atoms with E-state index in [1.54, 1.807) is 4.68 Å². The van der Waals surface area contributed by atoms with Crippen LogP contribution in [0, 0.1) is 6.92 Å². The summed E-state index contributed by atoms with van der Waals surface area (Å²) in [5.41, 5.74) is 2.11. The Morgan fingerprint density at radius 1 is 1.57 bits per heavy atom. The zero-order valence-corrected chi connectivity index (χ0v) is 8.66. The van der Waals surface area contributed by atoms with Gasteiger partial charge in [0.15, 0.2) is 0 Å². The summed E-state index contributed by atoms with van der Waals surface area (Å²) < 4.78 is 7.28. The van der Waals surface area contributed by atoms with E-state index in [0.717, 1.165) is 31.0 Å². The molecule has 0 aliphatic carbocycles. The van der Waals surface area contributed by atoms with Crippen LogP contribution in [0.1, 0.15) is 23.9 Å². The van der Waals surface area contributed by atoms with Crippen molar-refractivity contribution in [3.63, 3.8) is 0 Å². The van der Waals surface area contributed by atoms with E-state index in [2.05, 4.69) is 15.6 Å². The Balaban J connectivity index is 2.16. The Morgan fingerprint density at radius 2 is 2.43 bits per heavy atom. The minimum Gasteiger partial charge on any atom is -0.379 e. The zero-order valence-electron chi connectivity index (χ0n) is 8.66. The molecule has 1 aromatic heterocycles. The second-order valence-electron chi connectivity index (χ2n) is 3.62. The highest BCUT2D eigenvalue weighted by Gasteiger charge is 2.19. The van der Waals surface area contributed by atoms with Crippen molar-refractivity contribution in [2.45, 2.75) is 19.4 Å². The van der Waals surface area contributed by atoms with E-state index in [4.69, 9.17) is 4.74 Å². The van der Waals surface area contributed by atoms with Crippen molar-refractivity contribution in [3.05, 3.63) is 11.4 Å². The molecule has 14 heavy (non-hydrogen) atoms. The van der Waals surface area contributed by atoms with Gasteiger partial charge in [-0.2, -0.15) is 0 Å². The van der Waals surface area contributed by atoms with E-state index in [0.29, 0.717) is 6.61 Å². The van der Waals surface area contributed by atoms with E-state index in [-0.39, 0.29) is 6.04 Å². The SMILES string of the molecule is Cc1c(C2COCCCN2)nnn1C. The molecule has 0 saturated carbocycles. The van der Waals surface area contributed by atoms with Crippen LogP contribution in [0.15, 0.2) is 0 Å². The number of rotatable bonds is 1. The van der Waals surface area contributed by atoms with Crippen molar-refractivity contribution in [2.24, 2.45) is 7.05 Å². The third-order valence-electron chi connectivity index (χ3n) is 2.61. The molecule has 0 bridgehead atoms. The van der Waals surface area contributed by atoms with E-state index < -0.39 is 0 Å². The fourth-order valence-corrected chi connectivity index (χ4v) is 1.63. The molecule has 78 valence electrons. The van der Waals surface area contributed by atoms with Crippen LogP contribution in [0.4, 0.5) is 0 Å². The number of ether oxygens (including phenoxy) is 1. The van der Waals surface area contributed by atoms with Crippen molar-refractivity contribution >= 4 is 0 Å². The molecule has 1 aromatic rings. The van der Waals surface area contributed by atoms with Gasteiger partial charge < -0.3 is 10.1 Å². The summed E-state index contributed by atoms with van der Waals surface area (Å²) in [6.45, 7) is 4.55. The molecule has 0 radical (unpaired) electrons. The van der Waals surface area contributed by atoms with E-state index in [1.165, 1.54) is 0 Å². The summed E-state index contributed by atoms with van der Waals surface area (Å²) in [6, 6.07) is 0.200. The molecule has 2 heterocycles. The van der Waals surface area contributed by atoms with Crippen LogP contribution in [-0.2, 0) is 11.8 Å². The molecule has 5 heteroatoms. The fourth-order valence-electron chi connectivity index (χ4n) is 1.63. The van der Waals surface area contributed by atoms with Gasteiger partial charge in [-0.3, -0.25) is 4.68 Å². The van der Waals surface area contributed by atoms with Gasteiger partial charge >= 0.3 is 0 Å². The first-order valence-electron chi connectivity index (χ1n) is 4.96. The summed E-state index contributed by atoms with van der Waals surface area (Å²) in [4.78, 5) is 0. The largest absolute Gasteiger partial charge is 0.379 e. The Hall–Kier alpha value is -0.940. The summed E-state index contributed by atoms with van der Waals surface area (Å²) in [7, 11) is 1.91. The van der Waals surface area contributed by atoms with Gasteiger partial charge in [0, 0.05) is 13.7 Å². The first-order chi connectivity index (χ1) is 6.79. The predicted molar refractivity (Wildman–Crippen MR) is 51.9 cm³/mol. The predicted octanol–water partition coefficient (Wildman–Crippen LogP) is 0.175. The first kappa shape index (κ1) is 9.61. The molecule has 0 amide bonds. The molecule has 1 aliphatic heterocycles. The van der Waals surface area contributed by atoms with Gasteiger partial charge in [0.05, 0.1) is 18.3 Å². The molecular formula is C9H16N4O. The van der Waals surface area contributed by atoms with Crippen LogP contribution in [0.3, 0.4) is 0 Å². The van der Waals surface area contributed by atoms with Gasteiger partial charge in [-0.25, -0.2) is 0 Å². The topological polar surface area (TPSA) is 52.0 Å². The molecule has 5 nitrogen and oxygen atoms in total. The van der Waals surface area contributed by atoms with Gasteiger partial charge in [-0.05, 0) is 19.9 Å². The van der Waals surface area contributed by atoms with Gasteiger partial charge in [0.25, 0.3) is 0 Å². The van der Waals surface area contributed by atoms with Crippen molar-refractivity contribution in [2.75, 3.05) is 19.8 Å². The smallest absolute Gasteiger partial charge is 0.105 e. The lowest BCUT2D eigenvalue weighted by Crippen LogP contribution is -2.24. The normalized spacial score (nSPS) is 23.4. The number of aromatic nitrogens is 3. The average Bonchev–Trinajstić information content (AvgIpc) is 2.47. The second kappa shape index (κ2) is 4.06. The molecule has 1 saturated heterocycles. The number of aryl methyl sites for hydroxylation is 1. The summed E-state index contributed by atoms with van der Waals surface area (Å²) in [6.07, 6.45) is 1.07. The van der Waals surface area contributed by atoms with Crippen molar-refractivity contribution in [3.8, 4) is 0 Å². The van der Waals surface area contributed by atoms with E-state index in [1.807, 2.05) is 14.0 Å². The van der Waals surface area contributed by atoms with Crippen LogP contribution >= 0.6 is 0 Å². The lowest BCUT2D eigenvalue weighted by molar-refractivity contribution is 0.130. The van der Waals surface area contributed by atoms with E-state index in [9.17, 15) is 0 Å².